The lowest BCUT2D eigenvalue weighted by atomic mass is 10.3. The van der Waals surface area contributed by atoms with Crippen LogP contribution in [0.1, 0.15) is 6.42 Å². The Labute approximate surface area is 107 Å². The number of anilines is 1. The highest BCUT2D eigenvalue weighted by Gasteiger charge is 2.56. The van der Waals surface area contributed by atoms with Crippen LogP contribution in [0.3, 0.4) is 0 Å². The zero-order valence-corrected chi connectivity index (χ0v) is 10.7. The molecule has 1 heterocycles. The minimum absolute atomic E-state index is 0.0414. The molecule has 1 saturated carbocycles. The molecule has 19 heavy (non-hydrogen) atoms. The van der Waals surface area contributed by atoms with Crippen LogP contribution in [-0.2, 0) is 15.8 Å². The van der Waals surface area contributed by atoms with Crippen molar-refractivity contribution in [3.8, 4) is 0 Å². The van der Waals surface area contributed by atoms with Gasteiger partial charge in [-0.2, -0.15) is 4.98 Å². The molecule has 1 aromatic rings. The van der Waals surface area contributed by atoms with E-state index in [0.29, 0.717) is 0 Å². The molecule has 10 heteroatoms. The minimum atomic E-state index is -4.33. The van der Waals surface area contributed by atoms with Gasteiger partial charge in [0, 0.05) is 12.6 Å². The second-order valence-corrected chi connectivity index (χ2v) is 6.07. The summed E-state index contributed by atoms with van der Waals surface area (Å²) in [7, 11) is -4.33. The van der Waals surface area contributed by atoms with E-state index in [2.05, 4.69) is 4.98 Å². The number of ether oxygens (including phenoxy) is 1. The standard InChI is InChI=1S/C9H14N3O6P/c10-7-1-2-12(8(14)11-7)4-9(3-6(9)13)18-5-19(15,16)17/h1-2,6,13H,3-5H2,(H2,10,11,14)(H2,15,16,17)/t6-,9-/m0/s1. The highest BCUT2D eigenvalue weighted by atomic mass is 31.2. The van der Waals surface area contributed by atoms with Crippen LogP contribution in [0.15, 0.2) is 17.1 Å². The Morgan fingerprint density at radius 2 is 2.26 bits per heavy atom. The minimum Gasteiger partial charge on any atom is -0.390 e. The molecule has 0 saturated heterocycles. The van der Waals surface area contributed by atoms with Crippen molar-refractivity contribution in [1.82, 2.24) is 9.55 Å². The van der Waals surface area contributed by atoms with Crippen molar-refractivity contribution in [2.24, 2.45) is 0 Å². The van der Waals surface area contributed by atoms with Crippen molar-refractivity contribution in [3.05, 3.63) is 22.7 Å². The molecule has 0 bridgehead atoms. The number of hydrogen-bond donors (Lipinski definition) is 4. The average molecular weight is 291 g/mol. The van der Waals surface area contributed by atoms with Gasteiger partial charge in [-0.3, -0.25) is 9.13 Å². The monoisotopic (exact) mass is 291 g/mol. The molecule has 2 rings (SSSR count). The van der Waals surface area contributed by atoms with E-state index in [1.807, 2.05) is 0 Å². The van der Waals surface area contributed by atoms with Crippen molar-refractivity contribution in [2.45, 2.75) is 24.7 Å². The first-order chi connectivity index (χ1) is 8.72. The Hall–Kier alpha value is -1.25. The summed E-state index contributed by atoms with van der Waals surface area (Å²) in [5.74, 6) is 0.0720. The SMILES string of the molecule is Nc1ccn(C[C@@]2(OCP(=O)(O)O)C[C@@H]2O)c(=O)n1. The molecule has 9 nitrogen and oxygen atoms in total. The Morgan fingerprint density at radius 1 is 1.63 bits per heavy atom. The second kappa shape index (κ2) is 4.69. The van der Waals surface area contributed by atoms with Gasteiger partial charge in [0.25, 0.3) is 0 Å². The summed E-state index contributed by atoms with van der Waals surface area (Å²) in [6, 6.07) is 1.41. The van der Waals surface area contributed by atoms with Crippen LogP contribution in [0, 0.1) is 0 Å². The van der Waals surface area contributed by atoms with Crippen LogP contribution in [0.2, 0.25) is 0 Å². The number of hydrogen-bond acceptors (Lipinski definition) is 6. The van der Waals surface area contributed by atoms with E-state index in [0.717, 1.165) is 0 Å². The molecular formula is C9H14N3O6P. The lowest BCUT2D eigenvalue weighted by Crippen LogP contribution is -2.33. The first-order valence-electron chi connectivity index (χ1n) is 5.41. The first kappa shape index (κ1) is 14.2. The highest BCUT2D eigenvalue weighted by molar-refractivity contribution is 7.51. The summed E-state index contributed by atoms with van der Waals surface area (Å²) in [6.07, 6.45) is -0.0907. The number of aliphatic hydroxyl groups excluding tert-OH is 1. The van der Waals surface area contributed by atoms with E-state index in [1.165, 1.54) is 16.8 Å². The maximum Gasteiger partial charge on any atom is 0.351 e. The molecule has 1 aromatic heterocycles. The fourth-order valence-electron chi connectivity index (χ4n) is 1.70. The summed E-state index contributed by atoms with van der Waals surface area (Å²) in [4.78, 5) is 32.6. The van der Waals surface area contributed by atoms with Crippen LogP contribution >= 0.6 is 7.60 Å². The van der Waals surface area contributed by atoms with Crippen LogP contribution in [0.5, 0.6) is 0 Å². The third-order valence-electron chi connectivity index (χ3n) is 2.84. The quantitative estimate of drug-likeness (QED) is 0.478. The van der Waals surface area contributed by atoms with Gasteiger partial charge in [-0.1, -0.05) is 0 Å². The van der Waals surface area contributed by atoms with Gasteiger partial charge < -0.3 is 25.4 Å². The molecule has 1 aliphatic rings. The van der Waals surface area contributed by atoms with Crippen LogP contribution in [-0.4, -0.2) is 42.5 Å². The van der Waals surface area contributed by atoms with E-state index in [-0.39, 0.29) is 18.8 Å². The normalized spacial score (nSPS) is 26.4. The molecule has 0 amide bonds. The molecule has 1 fully saturated rings. The molecule has 0 unspecified atom stereocenters. The van der Waals surface area contributed by atoms with E-state index in [1.54, 1.807) is 0 Å². The molecule has 0 aromatic carbocycles. The fourth-order valence-corrected chi connectivity index (χ4v) is 2.13. The van der Waals surface area contributed by atoms with Gasteiger partial charge in [0.15, 0.2) is 0 Å². The van der Waals surface area contributed by atoms with Crippen molar-refractivity contribution in [1.29, 1.82) is 0 Å². The van der Waals surface area contributed by atoms with Gasteiger partial charge in [-0.25, -0.2) is 4.79 Å². The van der Waals surface area contributed by atoms with E-state index in [9.17, 15) is 14.5 Å². The largest absolute Gasteiger partial charge is 0.390 e. The maximum atomic E-state index is 11.5. The zero-order valence-electron chi connectivity index (χ0n) is 9.84. The van der Waals surface area contributed by atoms with E-state index >= 15 is 0 Å². The van der Waals surface area contributed by atoms with E-state index < -0.39 is 31.3 Å². The molecule has 1 aliphatic carbocycles. The molecule has 0 radical (unpaired) electrons. The molecule has 5 N–H and O–H groups in total. The lowest BCUT2D eigenvalue weighted by molar-refractivity contribution is 0.00527. The number of aliphatic hydroxyl groups is 1. The van der Waals surface area contributed by atoms with Gasteiger partial charge in [0.2, 0.25) is 0 Å². The predicted octanol–water partition coefficient (Wildman–Crippen LogP) is -1.52. The third kappa shape index (κ3) is 3.40. The maximum absolute atomic E-state index is 11.5. The summed E-state index contributed by atoms with van der Waals surface area (Å²) in [6.45, 7) is -0.0414. The Bertz CT molecular complexity index is 584. The number of nitrogen functional groups attached to an aromatic ring is 1. The van der Waals surface area contributed by atoms with Crippen molar-refractivity contribution < 1.29 is 24.2 Å². The van der Waals surface area contributed by atoms with Gasteiger partial charge in [0.05, 0.1) is 12.6 Å². The molecular weight excluding hydrogens is 277 g/mol. The smallest absolute Gasteiger partial charge is 0.351 e. The number of nitrogens with zero attached hydrogens (tertiary/aromatic N) is 2. The topological polar surface area (TPSA) is 148 Å². The van der Waals surface area contributed by atoms with Crippen molar-refractivity contribution in [3.63, 3.8) is 0 Å². The zero-order chi connectivity index (χ0) is 14.3. The Balaban J connectivity index is 2.11. The lowest BCUT2D eigenvalue weighted by Gasteiger charge is -2.18. The summed E-state index contributed by atoms with van der Waals surface area (Å²) in [5, 5.41) is 9.54. The van der Waals surface area contributed by atoms with Crippen molar-refractivity contribution in [2.75, 3.05) is 12.1 Å². The highest BCUT2D eigenvalue weighted by Crippen LogP contribution is 2.45. The van der Waals surface area contributed by atoms with Crippen molar-refractivity contribution >= 4 is 13.4 Å². The summed E-state index contributed by atoms with van der Waals surface area (Å²) >= 11 is 0. The first-order valence-corrected chi connectivity index (χ1v) is 7.21. The van der Waals surface area contributed by atoms with Gasteiger partial charge in [-0.05, 0) is 6.07 Å². The van der Waals surface area contributed by atoms with Crippen LogP contribution in [0.4, 0.5) is 5.82 Å². The molecule has 2 atom stereocenters. The Morgan fingerprint density at radius 3 is 2.74 bits per heavy atom. The van der Waals surface area contributed by atoms with Gasteiger partial charge in [0.1, 0.15) is 17.8 Å². The molecule has 0 aliphatic heterocycles. The van der Waals surface area contributed by atoms with E-state index in [4.69, 9.17) is 20.3 Å². The number of rotatable bonds is 5. The average Bonchev–Trinajstić information content (AvgIpc) is 2.91. The van der Waals surface area contributed by atoms with Crippen LogP contribution < -0.4 is 11.4 Å². The van der Waals surface area contributed by atoms with Crippen LogP contribution in [0.25, 0.3) is 0 Å². The number of nitrogens with two attached hydrogens (primary N) is 1. The summed E-state index contributed by atoms with van der Waals surface area (Å²) in [5.41, 5.74) is 3.58. The predicted molar refractivity (Wildman–Crippen MR) is 64.3 cm³/mol. The molecule has 106 valence electrons. The second-order valence-electron chi connectivity index (χ2n) is 4.49. The summed E-state index contributed by atoms with van der Waals surface area (Å²) < 4.78 is 17.0. The van der Waals surface area contributed by atoms with Gasteiger partial charge in [-0.15, -0.1) is 0 Å². The molecule has 0 spiro atoms. The fraction of sp³-hybridized carbons (Fsp3) is 0.556. The Kier molecular flexibility index (Phi) is 3.50. The third-order valence-corrected chi connectivity index (χ3v) is 3.31. The van der Waals surface area contributed by atoms with Gasteiger partial charge >= 0.3 is 13.3 Å². The number of aromatic nitrogens is 2.